The summed E-state index contributed by atoms with van der Waals surface area (Å²) in [6, 6.07) is 5.72. The zero-order valence-electron chi connectivity index (χ0n) is 16.4. The van der Waals surface area contributed by atoms with E-state index >= 15 is 0 Å². The third-order valence-corrected chi connectivity index (χ3v) is 4.78. The monoisotopic (exact) mass is 388 g/mol. The second kappa shape index (κ2) is 9.57. The summed E-state index contributed by atoms with van der Waals surface area (Å²) in [6.45, 7) is 2.65. The number of amides is 1. The molecule has 1 amide bonds. The van der Waals surface area contributed by atoms with Crippen LogP contribution in [0.4, 0.5) is 5.82 Å². The summed E-state index contributed by atoms with van der Waals surface area (Å²) in [5.41, 5.74) is 6.97. The number of anilines is 1. The Morgan fingerprint density at radius 1 is 1.25 bits per heavy atom. The van der Waals surface area contributed by atoms with E-state index in [1.165, 1.54) is 0 Å². The van der Waals surface area contributed by atoms with E-state index in [9.17, 15) is 4.79 Å². The molecular formula is C20H28N4O4. The Kier molecular flexibility index (Phi) is 6.89. The highest BCUT2D eigenvalue weighted by molar-refractivity contribution is 5.93. The van der Waals surface area contributed by atoms with Gasteiger partial charge in [0, 0.05) is 25.1 Å². The Morgan fingerprint density at radius 2 is 2.04 bits per heavy atom. The molecule has 0 radical (unpaired) electrons. The van der Waals surface area contributed by atoms with Crippen molar-refractivity contribution in [1.82, 2.24) is 15.6 Å². The van der Waals surface area contributed by atoms with Crippen LogP contribution in [0, 0.1) is 0 Å². The quantitative estimate of drug-likeness (QED) is 0.560. The number of nitrogens with two attached hydrogens (primary N) is 1. The van der Waals surface area contributed by atoms with Crippen LogP contribution in [-0.4, -0.2) is 50.9 Å². The summed E-state index contributed by atoms with van der Waals surface area (Å²) in [5, 5.41) is 8.03. The number of aromatic nitrogens is 1. The number of methoxy groups -OCH3 is 2. The molecule has 1 atom stereocenters. The number of hydrogen-bond donors (Lipinski definition) is 3. The van der Waals surface area contributed by atoms with Crippen molar-refractivity contribution in [2.45, 2.75) is 31.9 Å². The molecule has 2 heterocycles. The van der Waals surface area contributed by atoms with Gasteiger partial charge in [-0.3, -0.25) is 4.79 Å². The summed E-state index contributed by atoms with van der Waals surface area (Å²) in [5.74, 6) is 1.73. The molecule has 0 saturated carbocycles. The third kappa shape index (κ3) is 4.82. The number of carbonyl (C=O) groups excluding carboxylic acids is 1. The molecule has 0 bridgehead atoms. The summed E-state index contributed by atoms with van der Waals surface area (Å²) in [4.78, 5) is 16.3. The van der Waals surface area contributed by atoms with Crippen molar-refractivity contribution in [2.75, 3.05) is 39.6 Å². The highest BCUT2D eigenvalue weighted by Gasteiger charge is 2.22. The maximum Gasteiger partial charge on any atom is 0.249 e. The van der Waals surface area contributed by atoms with Crippen LogP contribution in [0.5, 0.6) is 11.5 Å². The minimum absolute atomic E-state index is 0.00848. The van der Waals surface area contributed by atoms with E-state index in [1.54, 1.807) is 14.2 Å². The summed E-state index contributed by atoms with van der Waals surface area (Å²) < 4.78 is 16.0. The maximum absolute atomic E-state index is 11.9. The van der Waals surface area contributed by atoms with Crippen molar-refractivity contribution in [1.29, 1.82) is 0 Å². The lowest BCUT2D eigenvalue weighted by Gasteiger charge is -2.12. The molecule has 8 heteroatoms. The highest BCUT2D eigenvalue weighted by atomic mass is 16.5. The number of nitrogen functional groups attached to an aromatic ring is 1. The molecule has 8 nitrogen and oxygen atoms in total. The Hall–Kier alpha value is -2.58. The molecule has 152 valence electrons. The van der Waals surface area contributed by atoms with Crippen molar-refractivity contribution in [2.24, 2.45) is 0 Å². The fourth-order valence-corrected chi connectivity index (χ4v) is 3.29. The van der Waals surface area contributed by atoms with E-state index in [4.69, 9.17) is 19.9 Å². The molecule has 3 rings (SSSR count). The number of hydrogen-bond acceptors (Lipinski definition) is 7. The average molecular weight is 388 g/mol. The van der Waals surface area contributed by atoms with Gasteiger partial charge in [-0.1, -0.05) is 0 Å². The molecule has 1 aromatic carbocycles. The van der Waals surface area contributed by atoms with Gasteiger partial charge in [-0.05, 0) is 49.4 Å². The van der Waals surface area contributed by atoms with E-state index < -0.39 is 0 Å². The first kappa shape index (κ1) is 20.2. The summed E-state index contributed by atoms with van der Waals surface area (Å²) in [6.07, 6.45) is 2.33. The van der Waals surface area contributed by atoms with Gasteiger partial charge < -0.3 is 30.6 Å². The van der Waals surface area contributed by atoms with Crippen LogP contribution in [0.15, 0.2) is 18.2 Å². The van der Waals surface area contributed by atoms with Gasteiger partial charge in [0.1, 0.15) is 11.9 Å². The van der Waals surface area contributed by atoms with E-state index in [1.807, 2.05) is 18.2 Å². The molecule has 0 spiro atoms. The predicted molar refractivity (Wildman–Crippen MR) is 108 cm³/mol. The van der Waals surface area contributed by atoms with E-state index in [0.29, 0.717) is 37.0 Å². The molecule has 1 aliphatic rings. The van der Waals surface area contributed by atoms with Crippen molar-refractivity contribution >= 4 is 22.5 Å². The van der Waals surface area contributed by atoms with E-state index in [2.05, 4.69) is 15.6 Å². The zero-order valence-corrected chi connectivity index (χ0v) is 16.4. The second-order valence-electron chi connectivity index (χ2n) is 6.75. The molecule has 4 N–H and O–H groups in total. The standard InChI is InChI=1S/C20H28N4O4/c1-26-17-10-13-9-14(24-19(21)15(13)11-18(17)27-2)12-22-6-4-7-23-20(25)16-5-3-8-28-16/h9-11,16,22H,3-8,12H2,1-2H3,(H2,21,24)(H,23,25). The lowest BCUT2D eigenvalue weighted by atomic mass is 10.1. The molecule has 1 unspecified atom stereocenters. The molecule has 1 saturated heterocycles. The molecule has 2 aromatic rings. The van der Waals surface area contributed by atoms with E-state index in [-0.39, 0.29) is 12.0 Å². The average Bonchev–Trinajstić information content (AvgIpc) is 3.24. The first-order valence-corrected chi connectivity index (χ1v) is 9.53. The van der Waals surface area contributed by atoms with Gasteiger partial charge in [-0.2, -0.15) is 0 Å². The van der Waals surface area contributed by atoms with E-state index in [0.717, 1.165) is 42.3 Å². The Balaban J connectivity index is 1.49. The number of nitrogens with zero attached hydrogens (tertiary/aromatic N) is 1. The topological polar surface area (TPSA) is 108 Å². The van der Waals surface area contributed by atoms with Crippen molar-refractivity contribution < 1.29 is 19.0 Å². The maximum atomic E-state index is 11.9. The summed E-state index contributed by atoms with van der Waals surface area (Å²) in [7, 11) is 3.20. The van der Waals surface area contributed by atoms with Crippen LogP contribution in [0.3, 0.4) is 0 Å². The Bertz CT molecular complexity index is 821. The molecule has 1 aliphatic heterocycles. The first-order chi connectivity index (χ1) is 13.6. The zero-order chi connectivity index (χ0) is 19.9. The van der Waals surface area contributed by atoms with Crippen molar-refractivity contribution in [3.8, 4) is 11.5 Å². The number of rotatable bonds is 9. The number of benzene rings is 1. The third-order valence-electron chi connectivity index (χ3n) is 4.78. The lowest BCUT2D eigenvalue weighted by molar-refractivity contribution is -0.130. The van der Waals surface area contributed by atoms with Crippen LogP contribution in [0.2, 0.25) is 0 Å². The van der Waals surface area contributed by atoms with Gasteiger partial charge in [0.05, 0.1) is 19.9 Å². The lowest BCUT2D eigenvalue weighted by Crippen LogP contribution is -2.35. The minimum Gasteiger partial charge on any atom is -0.493 e. The molecule has 1 aromatic heterocycles. The molecule has 1 fully saturated rings. The fourth-order valence-electron chi connectivity index (χ4n) is 3.29. The molecular weight excluding hydrogens is 360 g/mol. The fraction of sp³-hybridized carbons (Fsp3) is 0.500. The summed E-state index contributed by atoms with van der Waals surface area (Å²) >= 11 is 0. The molecule has 28 heavy (non-hydrogen) atoms. The first-order valence-electron chi connectivity index (χ1n) is 9.53. The van der Waals surface area contributed by atoms with Gasteiger partial charge in [0.2, 0.25) is 5.91 Å². The van der Waals surface area contributed by atoms with Crippen LogP contribution in [0.1, 0.15) is 25.0 Å². The van der Waals surface area contributed by atoms with Gasteiger partial charge in [-0.25, -0.2) is 4.98 Å². The Labute approximate surface area is 164 Å². The number of ether oxygens (including phenoxy) is 3. The predicted octanol–water partition coefficient (Wildman–Crippen LogP) is 1.61. The van der Waals surface area contributed by atoms with Crippen molar-refractivity contribution in [3.05, 3.63) is 23.9 Å². The number of nitrogens with one attached hydrogen (secondary N) is 2. The smallest absolute Gasteiger partial charge is 0.249 e. The Morgan fingerprint density at radius 3 is 2.75 bits per heavy atom. The number of carbonyl (C=O) groups is 1. The van der Waals surface area contributed by atoms with Gasteiger partial charge in [0.15, 0.2) is 11.5 Å². The van der Waals surface area contributed by atoms with Crippen LogP contribution in [0.25, 0.3) is 10.8 Å². The SMILES string of the molecule is COc1cc2cc(CNCCCNC(=O)C3CCCO3)nc(N)c2cc1OC. The number of pyridine rings is 1. The largest absolute Gasteiger partial charge is 0.493 e. The second-order valence-corrected chi connectivity index (χ2v) is 6.75. The minimum atomic E-state index is -0.270. The van der Waals surface area contributed by atoms with Gasteiger partial charge in [-0.15, -0.1) is 0 Å². The van der Waals surface area contributed by atoms with Crippen LogP contribution < -0.4 is 25.8 Å². The van der Waals surface area contributed by atoms with Gasteiger partial charge >= 0.3 is 0 Å². The van der Waals surface area contributed by atoms with Crippen LogP contribution in [-0.2, 0) is 16.1 Å². The highest BCUT2D eigenvalue weighted by Crippen LogP contribution is 2.34. The van der Waals surface area contributed by atoms with Crippen LogP contribution >= 0.6 is 0 Å². The molecule has 0 aliphatic carbocycles. The van der Waals surface area contributed by atoms with Gasteiger partial charge in [0.25, 0.3) is 0 Å². The number of fused-ring (bicyclic) bond motifs is 1. The normalized spacial score (nSPS) is 16.3. The van der Waals surface area contributed by atoms with Crippen molar-refractivity contribution in [3.63, 3.8) is 0 Å².